The van der Waals surface area contributed by atoms with Crippen molar-refractivity contribution in [2.45, 2.75) is 24.9 Å². The molecule has 1 aromatic carbocycles. The topological polar surface area (TPSA) is 75.3 Å². The molecule has 0 saturated heterocycles. The highest BCUT2D eigenvalue weighted by molar-refractivity contribution is 5.79. The molecule has 4 nitrogen and oxygen atoms in total. The molecule has 1 aromatic rings. The van der Waals surface area contributed by atoms with Crippen LogP contribution in [-0.2, 0) is 11.2 Å². The van der Waals surface area contributed by atoms with Gasteiger partial charge < -0.3 is 16.2 Å². The lowest BCUT2D eigenvalue weighted by Crippen LogP contribution is -2.30. The Morgan fingerprint density at radius 2 is 2.07 bits per heavy atom. The number of aromatic hydroxyl groups is 1. The van der Waals surface area contributed by atoms with Crippen LogP contribution in [0.5, 0.6) is 5.75 Å². The van der Waals surface area contributed by atoms with Gasteiger partial charge in [-0.25, -0.2) is 0 Å². The Bertz CT molecular complexity index is 361. The van der Waals surface area contributed by atoms with Gasteiger partial charge in [-0.05, 0) is 24.1 Å². The minimum Gasteiger partial charge on any atom is -0.508 e. The zero-order valence-electron chi connectivity index (χ0n) is 8.31. The van der Waals surface area contributed by atoms with Crippen LogP contribution in [-0.4, -0.2) is 23.1 Å². The van der Waals surface area contributed by atoms with Gasteiger partial charge in [0.05, 0.1) is 6.42 Å². The van der Waals surface area contributed by atoms with Crippen molar-refractivity contribution in [2.24, 2.45) is 5.73 Å². The Morgan fingerprint density at radius 3 is 2.60 bits per heavy atom. The predicted octanol–water partition coefficient (Wildman–Crippen LogP) is 0.150. The number of carbonyl (C=O) groups excluding carboxylic acids is 1. The molecular weight excluding hydrogens is 192 g/mol. The molecule has 0 aliphatic heterocycles. The summed E-state index contributed by atoms with van der Waals surface area (Å²) in [6.07, 6.45) is 1.21. The third-order valence-corrected chi connectivity index (χ3v) is 2.49. The van der Waals surface area contributed by atoms with E-state index >= 15 is 0 Å². The minimum absolute atomic E-state index is 0.0151. The molecule has 1 fully saturated rings. The highest BCUT2D eigenvalue weighted by Crippen LogP contribution is 2.18. The lowest BCUT2D eigenvalue weighted by Gasteiger charge is -2.03. The second kappa shape index (κ2) is 3.90. The summed E-state index contributed by atoms with van der Waals surface area (Å²) in [5, 5.41) is 11.9. The van der Waals surface area contributed by atoms with Crippen molar-refractivity contribution in [2.75, 3.05) is 0 Å². The smallest absolute Gasteiger partial charge is 0.224 e. The Kier molecular flexibility index (Phi) is 2.60. The van der Waals surface area contributed by atoms with E-state index in [4.69, 9.17) is 10.8 Å². The maximum atomic E-state index is 11.5. The first-order valence-corrected chi connectivity index (χ1v) is 4.98. The summed E-state index contributed by atoms with van der Waals surface area (Å²) in [5.74, 6) is 0.196. The van der Waals surface area contributed by atoms with Gasteiger partial charge in [0.2, 0.25) is 5.91 Å². The molecule has 2 atom stereocenters. The molecule has 1 aliphatic carbocycles. The highest BCUT2D eigenvalue weighted by Gasteiger charge is 2.34. The molecule has 0 heterocycles. The molecule has 15 heavy (non-hydrogen) atoms. The van der Waals surface area contributed by atoms with E-state index in [-0.39, 0.29) is 23.7 Å². The second-order valence-corrected chi connectivity index (χ2v) is 3.92. The van der Waals surface area contributed by atoms with Gasteiger partial charge in [0.25, 0.3) is 0 Å². The van der Waals surface area contributed by atoms with Gasteiger partial charge in [0, 0.05) is 12.1 Å². The summed E-state index contributed by atoms with van der Waals surface area (Å²) in [6.45, 7) is 0. The largest absolute Gasteiger partial charge is 0.508 e. The summed E-state index contributed by atoms with van der Waals surface area (Å²) in [5.41, 5.74) is 6.47. The van der Waals surface area contributed by atoms with Gasteiger partial charge in [-0.1, -0.05) is 12.1 Å². The van der Waals surface area contributed by atoms with E-state index in [1.54, 1.807) is 24.3 Å². The van der Waals surface area contributed by atoms with E-state index in [9.17, 15) is 4.79 Å². The van der Waals surface area contributed by atoms with Crippen molar-refractivity contribution in [3.8, 4) is 5.75 Å². The van der Waals surface area contributed by atoms with Crippen LogP contribution in [0.3, 0.4) is 0 Å². The Labute approximate surface area is 88.1 Å². The van der Waals surface area contributed by atoms with Crippen LogP contribution in [0.1, 0.15) is 12.0 Å². The number of amides is 1. The summed E-state index contributed by atoms with van der Waals surface area (Å²) >= 11 is 0. The molecule has 1 aliphatic rings. The van der Waals surface area contributed by atoms with Crippen LogP contribution >= 0.6 is 0 Å². The number of hydrogen-bond acceptors (Lipinski definition) is 3. The quantitative estimate of drug-likeness (QED) is 0.659. The monoisotopic (exact) mass is 206 g/mol. The van der Waals surface area contributed by atoms with Gasteiger partial charge >= 0.3 is 0 Å². The molecule has 80 valence electrons. The van der Waals surface area contributed by atoms with Crippen LogP contribution < -0.4 is 11.1 Å². The number of nitrogens with two attached hydrogens (primary N) is 1. The summed E-state index contributed by atoms with van der Waals surface area (Å²) in [4.78, 5) is 11.5. The van der Waals surface area contributed by atoms with E-state index in [1.165, 1.54) is 0 Å². The first kappa shape index (κ1) is 9.98. The maximum Gasteiger partial charge on any atom is 0.224 e. The first-order chi connectivity index (χ1) is 7.15. The van der Waals surface area contributed by atoms with Gasteiger partial charge in [-0.15, -0.1) is 0 Å². The van der Waals surface area contributed by atoms with E-state index in [0.29, 0.717) is 6.42 Å². The number of rotatable bonds is 3. The van der Waals surface area contributed by atoms with E-state index < -0.39 is 0 Å². The van der Waals surface area contributed by atoms with Crippen LogP contribution in [0.15, 0.2) is 24.3 Å². The Morgan fingerprint density at radius 1 is 1.47 bits per heavy atom. The molecule has 0 spiro atoms. The van der Waals surface area contributed by atoms with Crippen LogP contribution in [0.25, 0.3) is 0 Å². The molecule has 1 amide bonds. The van der Waals surface area contributed by atoms with Gasteiger partial charge in [0.15, 0.2) is 0 Å². The molecule has 1 saturated carbocycles. The molecule has 2 rings (SSSR count). The number of phenols is 1. The molecule has 0 aromatic heterocycles. The number of hydrogen-bond donors (Lipinski definition) is 3. The van der Waals surface area contributed by atoms with Crippen LogP contribution in [0.2, 0.25) is 0 Å². The molecule has 0 radical (unpaired) electrons. The van der Waals surface area contributed by atoms with Gasteiger partial charge in [-0.2, -0.15) is 0 Å². The molecule has 2 unspecified atom stereocenters. The maximum absolute atomic E-state index is 11.5. The van der Waals surface area contributed by atoms with Crippen molar-refractivity contribution in [3.63, 3.8) is 0 Å². The average Bonchev–Trinajstić information content (AvgIpc) is 2.86. The fourth-order valence-electron chi connectivity index (χ4n) is 1.44. The molecule has 0 bridgehead atoms. The summed E-state index contributed by atoms with van der Waals surface area (Å²) < 4.78 is 0. The third kappa shape index (κ3) is 2.70. The zero-order chi connectivity index (χ0) is 10.8. The average molecular weight is 206 g/mol. The van der Waals surface area contributed by atoms with Crippen molar-refractivity contribution in [1.29, 1.82) is 0 Å². The predicted molar refractivity (Wildman–Crippen MR) is 56.3 cm³/mol. The van der Waals surface area contributed by atoms with E-state index in [2.05, 4.69) is 5.32 Å². The Balaban J connectivity index is 1.85. The SMILES string of the molecule is NC1CC1NC(=O)Cc1ccc(O)cc1. The summed E-state index contributed by atoms with van der Waals surface area (Å²) in [6, 6.07) is 6.92. The minimum atomic E-state index is -0.0151. The molecule has 4 heteroatoms. The Hall–Kier alpha value is -1.55. The molecular formula is C11H14N2O2. The number of carbonyl (C=O) groups is 1. The number of phenolic OH excluding ortho intramolecular Hbond substituents is 1. The van der Waals surface area contributed by atoms with Crippen LogP contribution in [0.4, 0.5) is 0 Å². The standard InChI is InChI=1S/C11H14N2O2/c12-9-6-10(9)13-11(15)5-7-1-3-8(14)4-2-7/h1-4,9-10,14H,5-6,12H2,(H,13,15). The van der Waals surface area contributed by atoms with Gasteiger partial charge in [0.1, 0.15) is 5.75 Å². The zero-order valence-corrected chi connectivity index (χ0v) is 8.31. The van der Waals surface area contributed by atoms with Crippen molar-refractivity contribution in [1.82, 2.24) is 5.32 Å². The fourth-order valence-corrected chi connectivity index (χ4v) is 1.44. The fraction of sp³-hybridized carbons (Fsp3) is 0.364. The summed E-state index contributed by atoms with van der Waals surface area (Å²) in [7, 11) is 0. The van der Waals surface area contributed by atoms with E-state index in [1.807, 2.05) is 0 Å². The highest BCUT2D eigenvalue weighted by atomic mass is 16.3. The first-order valence-electron chi connectivity index (χ1n) is 4.98. The van der Waals surface area contributed by atoms with Gasteiger partial charge in [-0.3, -0.25) is 4.79 Å². The van der Waals surface area contributed by atoms with Crippen molar-refractivity contribution in [3.05, 3.63) is 29.8 Å². The third-order valence-electron chi connectivity index (χ3n) is 2.49. The number of nitrogens with one attached hydrogen (secondary N) is 1. The number of benzene rings is 1. The molecule has 4 N–H and O–H groups in total. The van der Waals surface area contributed by atoms with Crippen molar-refractivity contribution < 1.29 is 9.90 Å². The van der Waals surface area contributed by atoms with Crippen LogP contribution in [0, 0.1) is 0 Å². The lowest BCUT2D eigenvalue weighted by molar-refractivity contribution is -0.120. The second-order valence-electron chi connectivity index (χ2n) is 3.92. The van der Waals surface area contributed by atoms with E-state index in [0.717, 1.165) is 12.0 Å². The normalized spacial score (nSPS) is 23.5. The lowest BCUT2D eigenvalue weighted by atomic mass is 10.1. The van der Waals surface area contributed by atoms with Crippen molar-refractivity contribution >= 4 is 5.91 Å².